The molecule has 2 unspecified atom stereocenters. The van der Waals surface area contributed by atoms with Gasteiger partial charge in [0.15, 0.2) is 0 Å². The second kappa shape index (κ2) is 60.4. The molecular weight excluding hydrogens is 875 g/mol. The zero-order chi connectivity index (χ0) is 51.4. The summed E-state index contributed by atoms with van der Waals surface area (Å²) in [4.78, 5) is 24.5. The Morgan fingerprint density at radius 2 is 0.704 bits per heavy atom. The van der Waals surface area contributed by atoms with Gasteiger partial charge < -0.3 is 20.3 Å². The van der Waals surface area contributed by atoms with Crippen molar-refractivity contribution in [1.82, 2.24) is 5.32 Å². The molecule has 0 bridgehead atoms. The number of rotatable bonds is 58. The molecule has 0 aliphatic heterocycles. The first kappa shape index (κ1) is 68.8. The Hall–Kier alpha value is -2.18. The molecule has 6 heteroatoms. The topological polar surface area (TPSA) is 95.9 Å². The zero-order valence-corrected chi connectivity index (χ0v) is 47.5. The third-order valence-corrected chi connectivity index (χ3v) is 14.3. The van der Waals surface area contributed by atoms with Crippen molar-refractivity contribution in [1.29, 1.82) is 0 Å². The average molecular weight is 997 g/mol. The lowest BCUT2D eigenvalue weighted by Gasteiger charge is -2.20. The quantitative estimate of drug-likeness (QED) is 0.0321. The van der Waals surface area contributed by atoms with Crippen LogP contribution in [-0.4, -0.2) is 47.4 Å². The molecule has 0 aromatic carbocycles. The SMILES string of the molecule is CCCCC/C=C\C/C=C\CCCCCCCC(=O)OCCCCCCCCCCCCCC/C=C\CCCCCCCCCCCC(=O)NC(CO)C(O)/C=C/CCCCCCCCCCCCCC. The van der Waals surface area contributed by atoms with Gasteiger partial charge in [0, 0.05) is 12.8 Å². The summed E-state index contributed by atoms with van der Waals surface area (Å²) in [5.41, 5.74) is 0. The summed E-state index contributed by atoms with van der Waals surface area (Å²) in [6, 6.07) is -0.630. The highest BCUT2D eigenvalue weighted by molar-refractivity contribution is 5.76. The fraction of sp³-hybridized carbons (Fsp3) is 0.846. The molecule has 2 atom stereocenters. The lowest BCUT2D eigenvalue weighted by molar-refractivity contribution is -0.143. The van der Waals surface area contributed by atoms with E-state index in [1.165, 1.54) is 250 Å². The van der Waals surface area contributed by atoms with Gasteiger partial charge in [-0.15, -0.1) is 0 Å². The Bertz CT molecular complexity index is 1190. The van der Waals surface area contributed by atoms with E-state index in [0.717, 1.165) is 51.4 Å². The van der Waals surface area contributed by atoms with Crippen molar-refractivity contribution in [3.63, 3.8) is 0 Å². The number of nitrogens with one attached hydrogen (secondary N) is 1. The summed E-state index contributed by atoms with van der Waals surface area (Å²) >= 11 is 0. The minimum absolute atomic E-state index is 0.00134. The number of allylic oxidation sites excluding steroid dienone is 7. The number of hydrogen-bond acceptors (Lipinski definition) is 5. The molecule has 0 fully saturated rings. The van der Waals surface area contributed by atoms with E-state index in [4.69, 9.17) is 4.74 Å². The molecule has 0 rings (SSSR count). The summed E-state index contributed by atoms with van der Waals surface area (Å²) in [5.74, 6) is -0.0722. The number of amides is 1. The lowest BCUT2D eigenvalue weighted by Crippen LogP contribution is -2.45. The van der Waals surface area contributed by atoms with Gasteiger partial charge in [0.1, 0.15) is 0 Å². The maximum atomic E-state index is 12.5. The molecule has 0 aromatic heterocycles. The first-order valence-corrected chi connectivity index (χ1v) is 31.4. The number of carbonyl (C=O) groups excluding carboxylic acids is 2. The molecule has 0 saturated carbocycles. The van der Waals surface area contributed by atoms with Gasteiger partial charge in [-0.25, -0.2) is 0 Å². The predicted molar refractivity (Wildman–Crippen MR) is 310 cm³/mol. The molecular formula is C65H121NO5. The standard InChI is InChI=1S/C65H121NO5/c1-3-5-7-9-11-13-15-17-30-35-39-43-47-51-55-59-65(70)71-60-56-52-48-44-40-36-32-29-27-25-23-21-19-20-22-24-26-28-31-34-38-42-46-50-54-58-64(69)66-62(61-67)63(68)57-53-49-45-41-37-33-18-16-14-12-10-8-6-4-2/h11,13,17,20,22,30,53,57,62-63,67-68H,3-10,12,14-16,18-19,21,23-29,31-52,54-56,58-61H2,1-2H3,(H,66,69)/b13-11-,22-20-,30-17-,57-53+. The average Bonchev–Trinajstić information content (AvgIpc) is 3.37. The van der Waals surface area contributed by atoms with Crippen molar-refractivity contribution in [2.75, 3.05) is 13.2 Å². The Labute approximate surface area is 442 Å². The molecule has 0 aromatic rings. The molecule has 6 nitrogen and oxygen atoms in total. The third-order valence-electron chi connectivity index (χ3n) is 14.3. The fourth-order valence-corrected chi connectivity index (χ4v) is 9.48. The number of ether oxygens (including phenoxy) is 1. The molecule has 1 amide bonds. The molecule has 0 aliphatic carbocycles. The Morgan fingerprint density at radius 1 is 0.394 bits per heavy atom. The molecule has 0 spiro atoms. The summed E-state index contributed by atoms with van der Waals surface area (Å²) in [7, 11) is 0. The Balaban J connectivity index is 3.42. The van der Waals surface area contributed by atoms with Crippen molar-refractivity contribution in [3.8, 4) is 0 Å². The van der Waals surface area contributed by atoms with Crippen LogP contribution in [0.4, 0.5) is 0 Å². The first-order chi connectivity index (χ1) is 35.0. The van der Waals surface area contributed by atoms with E-state index >= 15 is 0 Å². The summed E-state index contributed by atoms with van der Waals surface area (Å²) < 4.78 is 5.48. The molecule has 71 heavy (non-hydrogen) atoms. The maximum Gasteiger partial charge on any atom is 0.305 e. The molecule has 0 radical (unpaired) electrons. The number of hydrogen-bond donors (Lipinski definition) is 3. The Morgan fingerprint density at radius 3 is 1.11 bits per heavy atom. The second-order valence-corrected chi connectivity index (χ2v) is 21.4. The largest absolute Gasteiger partial charge is 0.466 e. The van der Waals surface area contributed by atoms with Crippen LogP contribution in [0.2, 0.25) is 0 Å². The normalized spacial score (nSPS) is 12.9. The maximum absolute atomic E-state index is 12.5. The molecule has 0 heterocycles. The van der Waals surface area contributed by atoms with Gasteiger partial charge in [-0.2, -0.15) is 0 Å². The predicted octanol–water partition coefficient (Wildman–Crippen LogP) is 19.7. The van der Waals surface area contributed by atoms with E-state index in [9.17, 15) is 19.8 Å². The number of carbonyl (C=O) groups is 2. The van der Waals surface area contributed by atoms with Crippen LogP contribution in [0.25, 0.3) is 0 Å². The molecule has 416 valence electrons. The number of unbranched alkanes of at least 4 members (excludes halogenated alkanes) is 41. The zero-order valence-electron chi connectivity index (χ0n) is 47.5. The van der Waals surface area contributed by atoms with E-state index in [-0.39, 0.29) is 18.5 Å². The molecule has 0 saturated heterocycles. The van der Waals surface area contributed by atoms with Crippen LogP contribution >= 0.6 is 0 Å². The summed E-state index contributed by atoms with van der Waals surface area (Å²) in [6.45, 7) is 4.88. The van der Waals surface area contributed by atoms with Crippen LogP contribution in [0.5, 0.6) is 0 Å². The van der Waals surface area contributed by atoms with E-state index < -0.39 is 12.1 Å². The number of esters is 1. The van der Waals surface area contributed by atoms with Crippen molar-refractivity contribution in [3.05, 3.63) is 48.6 Å². The number of aliphatic hydroxyl groups is 2. The lowest BCUT2D eigenvalue weighted by atomic mass is 10.0. The van der Waals surface area contributed by atoms with E-state index in [1.54, 1.807) is 6.08 Å². The highest BCUT2D eigenvalue weighted by atomic mass is 16.5. The third kappa shape index (κ3) is 57.0. The van der Waals surface area contributed by atoms with E-state index in [2.05, 4.69) is 55.6 Å². The summed E-state index contributed by atoms with van der Waals surface area (Å²) in [6.07, 6.45) is 77.2. The van der Waals surface area contributed by atoms with E-state index in [0.29, 0.717) is 19.4 Å². The highest BCUT2D eigenvalue weighted by Gasteiger charge is 2.18. The van der Waals surface area contributed by atoms with Gasteiger partial charge in [-0.3, -0.25) is 9.59 Å². The Kier molecular flexibility index (Phi) is 58.5. The van der Waals surface area contributed by atoms with E-state index in [1.807, 2.05) is 6.08 Å². The van der Waals surface area contributed by atoms with Gasteiger partial charge in [0.25, 0.3) is 0 Å². The summed E-state index contributed by atoms with van der Waals surface area (Å²) in [5, 5.41) is 23.1. The van der Waals surface area contributed by atoms with Crippen LogP contribution in [0, 0.1) is 0 Å². The molecule has 3 N–H and O–H groups in total. The van der Waals surface area contributed by atoms with Gasteiger partial charge in [0.2, 0.25) is 5.91 Å². The van der Waals surface area contributed by atoms with Crippen LogP contribution in [0.15, 0.2) is 48.6 Å². The van der Waals surface area contributed by atoms with Crippen LogP contribution in [-0.2, 0) is 14.3 Å². The van der Waals surface area contributed by atoms with Gasteiger partial charge in [-0.1, -0.05) is 274 Å². The number of aliphatic hydroxyl groups excluding tert-OH is 2. The van der Waals surface area contributed by atoms with Crippen molar-refractivity contribution in [2.45, 2.75) is 341 Å². The van der Waals surface area contributed by atoms with Crippen molar-refractivity contribution >= 4 is 11.9 Å². The molecule has 0 aliphatic rings. The van der Waals surface area contributed by atoms with Crippen molar-refractivity contribution in [2.24, 2.45) is 0 Å². The monoisotopic (exact) mass is 996 g/mol. The minimum Gasteiger partial charge on any atom is -0.466 e. The first-order valence-electron chi connectivity index (χ1n) is 31.4. The smallest absolute Gasteiger partial charge is 0.305 e. The highest BCUT2D eigenvalue weighted by Crippen LogP contribution is 2.17. The van der Waals surface area contributed by atoms with Crippen LogP contribution in [0.3, 0.4) is 0 Å². The fourth-order valence-electron chi connectivity index (χ4n) is 9.48. The van der Waals surface area contributed by atoms with Gasteiger partial charge >= 0.3 is 5.97 Å². The second-order valence-electron chi connectivity index (χ2n) is 21.4. The van der Waals surface area contributed by atoms with Crippen LogP contribution < -0.4 is 5.32 Å². The van der Waals surface area contributed by atoms with Gasteiger partial charge in [-0.05, 0) is 89.9 Å². The minimum atomic E-state index is -0.846. The van der Waals surface area contributed by atoms with Gasteiger partial charge in [0.05, 0.1) is 25.4 Å². The van der Waals surface area contributed by atoms with Crippen LogP contribution in [0.1, 0.15) is 328 Å². The van der Waals surface area contributed by atoms with Crippen molar-refractivity contribution < 1.29 is 24.5 Å².